The minimum atomic E-state index is -4.48. The quantitative estimate of drug-likeness (QED) is 0.839. The van der Waals surface area contributed by atoms with Gasteiger partial charge in [0.25, 0.3) is 0 Å². The van der Waals surface area contributed by atoms with Gasteiger partial charge in [0.1, 0.15) is 6.67 Å². The molecule has 0 unspecified atom stereocenters. The maximum absolute atomic E-state index is 13.3. The first-order valence-electron chi connectivity index (χ1n) is 6.30. The smallest absolute Gasteiger partial charge is 0.314 e. The number of nitrogens with one attached hydrogen (secondary N) is 1. The Kier molecular flexibility index (Phi) is 6.71. The Morgan fingerprint density at radius 3 is 2.33 bits per heavy atom. The second-order valence-corrected chi connectivity index (χ2v) is 5.16. The molecule has 8 heteroatoms. The maximum Gasteiger partial charge on any atom is 0.416 e. The third kappa shape index (κ3) is 4.71. The van der Waals surface area contributed by atoms with E-state index in [2.05, 4.69) is 5.32 Å². The van der Waals surface area contributed by atoms with E-state index >= 15 is 0 Å². The third-order valence-corrected chi connectivity index (χ3v) is 3.59. The average Bonchev–Trinajstić information content (AvgIpc) is 2.39. The van der Waals surface area contributed by atoms with Crippen molar-refractivity contribution in [2.45, 2.75) is 12.2 Å². The predicted molar refractivity (Wildman–Crippen MR) is 76.9 cm³/mol. The van der Waals surface area contributed by atoms with Crippen LogP contribution >= 0.6 is 24.0 Å². The van der Waals surface area contributed by atoms with Crippen molar-refractivity contribution in [1.29, 1.82) is 0 Å². The summed E-state index contributed by atoms with van der Waals surface area (Å²) in [6.07, 6.45) is -4.48. The van der Waals surface area contributed by atoms with Crippen molar-refractivity contribution >= 4 is 24.0 Å². The zero-order valence-corrected chi connectivity index (χ0v) is 12.7. The number of hydrogen-bond donors (Lipinski definition) is 1. The van der Waals surface area contributed by atoms with Gasteiger partial charge in [-0.3, -0.25) is 4.90 Å². The van der Waals surface area contributed by atoms with Crippen LogP contribution in [0.4, 0.5) is 17.6 Å². The van der Waals surface area contributed by atoms with Crippen molar-refractivity contribution < 1.29 is 17.6 Å². The topological polar surface area (TPSA) is 15.3 Å². The van der Waals surface area contributed by atoms with Crippen molar-refractivity contribution in [3.8, 4) is 0 Å². The molecule has 1 N–H and O–H groups in total. The molecule has 0 amide bonds. The number of halogens is 6. The lowest BCUT2D eigenvalue weighted by Gasteiger charge is -2.34. The first-order valence-corrected chi connectivity index (χ1v) is 6.68. The van der Waals surface area contributed by atoms with Crippen LogP contribution in [0.3, 0.4) is 0 Å². The van der Waals surface area contributed by atoms with Crippen molar-refractivity contribution in [2.75, 3.05) is 32.9 Å². The van der Waals surface area contributed by atoms with Gasteiger partial charge in [-0.25, -0.2) is 4.39 Å². The Labute approximate surface area is 131 Å². The lowest BCUT2D eigenvalue weighted by molar-refractivity contribution is -0.137. The van der Waals surface area contributed by atoms with Crippen LogP contribution in [-0.4, -0.2) is 37.8 Å². The molecule has 0 spiro atoms. The van der Waals surface area contributed by atoms with E-state index in [0.29, 0.717) is 26.2 Å². The van der Waals surface area contributed by atoms with E-state index in [9.17, 15) is 17.6 Å². The number of hydrogen-bond acceptors (Lipinski definition) is 2. The fourth-order valence-corrected chi connectivity index (χ4v) is 2.60. The molecule has 21 heavy (non-hydrogen) atoms. The Hall–Kier alpha value is -0.560. The average molecular weight is 347 g/mol. The fourth-order valence-electron chi connectivity index (χ4n) is 2.36. The molecule has 1 atom stereocenters. The number of benzene rings is 1. The molecule has 1 saturated heterocycles. The highest BCUT2D eigenvalue weighted by atomic mass is 35.5. The summed E-state index contributed by atoms with van der Waals surface area (Å²) in [5.74, 6) is 0. The SMILES string of the molecule is Cl.FC[C@H](c1cc(Cl)cc(C(F)(F)F)c1)N1CCNCC1. The molecule has 0 aliphatic carbocycles. The second kappa shape index (κ2) is 7.63. The van der Waals surface area contributed by atoms with Crippen molar-refractivity contribution in [1.82, 2.24) is 10.2 Å². The van der Waals surface area contributed by atoms with Gasteiger partial charge in [-0.2, -0.15) is 13.2 Å². The molecule has 1 fully saturated rings. The van der Waals surface area contributed by atoms with E-state index in [1.807, 2.05) is 4.90 Å². The first kappa shape index (κ1) is 18.5. The standard InChI is InChI=1S/C13H15ClF4N2.ClH/c14-11-6-9(5-10(7-11)13(16,17)18)12(8-15)20-3-1-19-2-4-20;/h5-7,12,19H,1-4,8H2;1H/t12-;/m1./s1. The molecule has 0 radical (unpaired) electrons. The van der Waals surface area contributed by atoms with Gasteiger partial charge in [-0.15, -0.1) is 12.4 Å². The van der Waals surface area contributed by atoms with Gasteiger partial charge in [-0.05, 0) is 23.8 Å². The van der Waals surface area contributed by atoms with Crippen LogP contribution in [0, 0.1) is 0 Å². The van der Waals surface area contributed by atoms with Crippen LogP contribution in [0.5, 0.6) is 0 Å². The van der Waals surface area contributed by atoms with E-state index in [-0.39, 0.29) is 23.0 Å². The highest BCUT2D eigenvalue weighted by Crippen LogP contribution is 2.34. The zero-order valence-electron chi connectivity index (χ0n) is 11.1. The fraction of sp³-hybridized carbons (Fsp3) is 0.538. The zero-order chi connectivity index (χ0) is 14.8. The summed E-state index contributed by atoms with van der Waals surface area (Å²) in [6, 6.07) is 2.57. The molecule has 2 rings (SSSR count). The lowest BCUT2D eigenvalue weighted by Crippen LogP contribution is -2.45. The van der Waals surface area contributed by atoms with Crippen LogP contribution in [-0.2, 0) is 6.18 Å². The van der Waals surface area contributed by atoms with Crippen molar-refractivity contribution in [2.24, 2.45) is 0 Å². The minimum Gasteiger partial charge on any atom is -0.314 e. The molecule has 1 heterocycles. The lowest BCUT2D eigenvalue weighted by atomic mass is 10.0. The van der Waals surface area contributed by atoms with Gasteiger partial charge in [0.15, 0.2) is 0 Å². The molecule has 2 nitrogen and oxygen atoms in total. The normalized spacial score (nSPS) is 18.1. The maximum atomic E-state index is 13.3. The van der Waals surface area contributed by atoms with Gasteiger partial charge in [-0.1, -0.05) is 11.6 Å². The number of nitrogens with zero attached hydrogens (tertiary/aromatic N) is 1. The molecule has 1 aliphatic rings. The largest absolute Gasteiger partial charge is 0.416 e. The van der Waals surface area contributed by atoms with Crippen LogP contribution in [0.25, 0.3) is 0 Å². The molecule has 0 aromatic heterocycles. The highest BCUT2D eigenvalue weighted by Gasteiger charge is 2.32. The summed E-state index contributed by atoms with van der Waals surface area (Å²) in [7, 11) is 0. The third-order valence-electron chi connectivity index (χ3n) is 3.37. The summed E-state index contributed by atoms with van der Waals surface area (Å²) < 4.78 is 51.6. The van der Waals surface area contributed by atoms with Crippen LogP contribution in [0.1, 0.15) is 17.2 Å². The van der Waals surface area contributed by atoms with E-state index in [0.717, 1.165) is 12.1 Å². The number of rotatable bonds is 3. The molecule has 1 aliphatic heterocycles. The Morgan fingerprint density at radius 1 is 1.19 bits per heavy atom. The Balaban J connectivity index is 0.00000220. The molecule has 0 saturated carbocycles. The van der Waals surface area contributed by atoms with Gasteiger partial charge < -0.3 is 5.32 Å². The van der Waals surface area contributed by atoms with E-state index in [4.69, 9.17) is 11.6 Å². The predicted octanol–water partition coefficient (Wildman–Crippen LogP) is 3.70. The summed E-state index contributed by atoms with van der Waals surface area (Å²) in [6.45, 7) is 1.86. The van der Waals surface area contributed by atoms with Gasteiger partial charge in [0.2, 0.25) is 0 Å². The first-order chi connectivity index (χ1) is 9.41. The molecule has 0 bridgehead atoms. The minimum absolute atomic E-state index is 0. The van der Waals surface area contributed by atoms with Gasteiger partial charge in [0.05, 0.1) is 11.6 Å². The molecule has 1 aromatic rings. The number of alkyl halides is 4. The summed E-state index contributed by atoms with van der Waals surface area (Å²) in [5.41, 5.74) is -0.567. The van der Waals surface area contributed by atoms with E-state index in [1.54, 1.807) is 0 Å². The summed E-state index contributed by atoms with van der Waals surface area (Å²) in [4.78, 5) is 1.84. The summed E-state index contributed by atoms with van der Waals surface area (Å²) >= 11 is 5.74. The molecule has 1 aromatic carbocycles. The Bertz CT molecular complexity index is 462. The molecular weight excluding hydrogens is 331 g/mol. The number of piperazine rings is 1. The summed E-state index contributed by atoms with van der Waals surface area (Å²) in [5, 5.41) is 3.10. The van der Waals surface area contributed by atoms with E-state index in [1.165, 1.54) is 6.07 Å². The highest BCUT2D eigenvalue weighted by molar-refractivity contribution is 6.30. The van der Waals surface area contributed by atoms with Crippen LogP contribution in [0.2, 0.25) is 5.02 Å². The molecular formula is C13H16Cl2F4N2. The Morgan fingerprint density at radius 2 is 1.81 bits per heavy atom. The van der Waals surface area contributed by atoms with Crippen LogP contribution < -0.4 is 5.32 Å². The second-order valence-electron chi connectivity index (χ2n) is 4.73. The van der Waals surface area contributed by atoms with Gasteiger partial charge in [0, 0.05) is 31.2 Å². The van der Waals surface area contributed by atoms with Gasteiger partial charge >= 0.3 is 6.18 Å². The van der Waals surface area contributed by atoms with Crippen molar-refractivity contribution in [3.63, 3.8) is 0 Å². The van der Waals surface area contributed by atoms with Crippen LogP contribution in [0.15, 0.2) is 18.2 Å². The van der Waals surface area contributed by atoms with Crippen molar-refractivity contribution in [3.05, 3.63) is 34.3 Å². The van der Waals surface area contributed by atoms with E-state index < -0.39 is 24.5 Å². The monoisotopic (exact) mass is 346 g/mol. The molecule has 120 valence electrons.